The van der Waals surface area contributed by atoms with Crippen molar-refractivity contribution >= 4 is 15.9 Å². The van der Waals surface area contributed by atoms with E-state index in [2.05, 4.69) is 21.4 Å². The number of fused-ring (bicyclic) bond motifs is 2. The molecular weight excluding hydrogens is 324 g/mol. The van der Waals surface area contributed by atoms with E-state index in [1.165, 1.54) is 30.4 Å². The highest BCUT2D eigenvalue weighted by Gasteiger charge is 2.33. The molecule has 0 radical (unpaired) electrons. The zero-order valence-electron chi connectivity index (χ0n) is 13.9. The van der Waals surface area contributed by atoms with E-state index in [9.17, 15) is 8.42 Å². The number of ether oxygens (including phenoxy) is 1. The van der Waals surface area contributed by atoms with Gasteiger partial charge in [0.2, 0.25) is 0 Å². The number of hydrogen-bond donors (Lipinski definition) is 0. The number of aryl methyl sites for hydroxylation is 2. The topological polar surface area (TPSA) is 59.0 Å². The molecule has 1 unspecified atom stereocenters. The van der Waals surface area contributed by atoms with Crippen LogP contribution in [0.2, 0.25) is 0 Å². The van der Waals surface area contributed by atoms with Gasteiger partial charge < -0.3 is 9.64 Å². The van der Waals surface area contributed by atoms with Crippen LogP contribution in [0.15, 0.2) is 22.6 Å². The molecule has 0 N–H and O–H groups in total. The molecule has 1 aromatic carbocycles. The molecule has 5 nitrogen and oxygen atoms in total. The van der Waals surface area contributed by atoms with E-state index in [0.29, 0.717) is 19.0 Å². The zero-order chi connectivity index (χ0) is 16.6. The highest BCUT2D eigenvalue weighted by atomic mass is 32.2. The summed E-state index contributed by atoms with van der Waals surface area (Å²) in [7, 11) is -3.29. The molecule has 0 saturated carbocycles. The predicted molar refractivity (Wildman–Crippen MR) is 94.1 cm³/mol. The van der Waals surface area contributed by atoms with Gasteiger partial charge in [0.05, 0.1) is 18.3 Å². The van der Waals surface area contributed by atoms with Crippen molar-refractivity contribution in [3.05, 3.63) is 29.3 Å². The lowest BCUT2D eigenvalue weighted by Crippen LogP contribution is -2.48. The Balaban J connectivity index is 1.48. The minimum atomic E-state index is -3.29. The van der Waals surface area contributed by atoms with Gasteiger partial charge in [0.25, 0.3) is 10.0 Å². The van der Waals surface area contributed by atoms with Gasteiger partial charge in [-0.25, -0.2) is 8.42 Å². The van der Waals surface area contributed by atoms with E-state index in [-0.39, 0.29) is 11.7 Å². The first-order valence-electron chi connectivity index (χ1n) is 8.93. The van der Waals surface area contributed by atoms with Crippen LogP contribution in [0.3, 0.4) is 0 Å². The molecule has 1 aliphatic carbocycles. The maximum atomic E-state index is 11.8. The van der Waals surface area contributed by atoms with Crippen molar-refractivity contribution in [1.29, 1.82) is 0 Å². The van der Waals surface area contributed by atoms with Gasteiger partial charge in [0.1, 0.15) is 11.6 Å². The van der Waals surface area contributed by atoms with Gasteiger partial charge >= 0.3 is 0 Å². The zero-order valence-corrected chi connectivity index (χ0v) is 14.7. The van der Waals surface area contributed by atoms with Crippen molar-refractivity contribution in [2.75, 3.05) is 25.4 Å². The molecule has 0 bridgehead atoms. The summed E-state index contributed by atoms with van der Waals surface area (Å²) in [5.74, 6) is 1.82. The Bertz CT molecular complexity index is 758. The Morgan fingerprint density at radius 3 is 2.83 bits per heavy atom. The highest BCUT2D eigenvalue weighted by Crippen LogP contribution is 2.27. The second-order valence-corrected chi connectivity index (χ2v) is 8.77. The molecule has 1 saturated heterocycles. The summed E-state index contributed by atoms with van der Waals surface area (Å²) in [5, 5.41) is 0. The van der Waals surface area contributed by atoms with Crippen LogP contribution in [0, 0.1) is 5.92 Å². The lowest BCUT2D eigenvalue weighted by Gasteiger charge is -2.37. The minimum Gasteiger partial charge on any atom is -0.493 e. The van der Waals surface area contributed by atoms with Crippen molar-refractivity contribution in [2.45, 2.75) is 38.5 Å². The summed E-state index contributed by atoms with van der Waals surface area (Å²) in [4.78, 5) is 2.12. The predicted octanol–water partition coefficient (Wildman–Crippen LogP) is 2.40. The third kappa shape index (κ3) is 3.29. The summed E-state index contributed by atoms with van der Waals surface area (Å²) in [6.45, 7) is 1.98. The largest absolute Gasteiger partial charge is 0.493 e. The van der Waals surface area contributed by atoms with Crippen LogP contribution >= 0.6 is 0 Å². The minimum absolute atomic E-state index is 0.0739. The van der Waals surface area contributed by atoms with Crippen LogP contribution in [0.1, 0.15) is 36.8 Å². The third-order valence-corrected chi connectivity index (χ3v) is 6.46. The third-order valence-electron chi connectivity index (χ3n) is 5.29. The van der Waals surface area contributed by atoms with Crippen LogP contribution in [-0.4, -0.2) is 44.6 Å². The molecule has 2 aliphatic heterocycles. The van der Waals surface area contributed by atoms with Gasteiger partial charge in [-0.3, -0.25) is 0 Å². The Hall–Kier alpha value is -1.56. The molecule has 0 spiro atoms. The Morgan fingerprint density at radius 2 is 1.96 bits per heavy atom. The van der Waals surface area contributed by atoms with Gasteiger partial charge in [-0.1, -0.05) is 6.07 Å². The number of piperidine rings is 1. The molecule has 0 aromatic heterocycles. The maximum absolute atomic E-state index is 11.8. The molecule has 0 amide bonds. The van der Waals surface area contributed by atoms with Crippen molar-refractivity contribution in [3.8, 4) is 5.75 Å². The Kier molecular flexibility index (Phi) is 4.24. The molecule has 3 aliphatic rings. The van der Waals surface area contributed by atoms with Crippen LogP contribution in [0.4, 0.5) is 0 Å². The van der Waals surface area contributed by atoms with Gasteiger partial charge in [-0.05, 0) is 61.8 Å². The van der Waals surface area contributed by atoms with Gasteiger partial charge in [0.15, 0.2) is 0 Å². The molecule has 1 fully saturated rings. The van der Waals surface area contributed by atoms with E-state index in [0.717, 1.165) is 31.6 Å². The molecule has 1 aromatic rings. The SMILES string of the molecule is O=S1(=O)CCN2CCCC(COc3ccc4c(c3)CCCC4)C2=N1. The molecule has 130 valence electrons. The first-order chi connectivity index (χ1) is 11.6. The highest BCUT2D eigenvalue weighted by molar-refractivity contribution is 7.90. The van der Waals surface area contributed by atoms with Crippen LogP contribution in [0.25, 0.3) is 0 Å². The van der Waals surface area contributed by atoms with E-state index in [1.54, 1.807) is 0 Å². The van der Waals surface area contributed by atoms with E-state index >= 15 is 0 Å². The average Bonchev–Trinajstić information content (AvgIpc) is 2.59. The number of nitrogens with zero attached hydrogens (tertiary/aromatic N) is 2. The Labute approximate surface area is 143 Å². The summed E-state index contributed by atoms with van der Waals surface area (Å²) in [5.41, 5.74) is 2.85. The number of benzene rings is 1. The van der Waals surface area contributed by atoms with Crippen molar-refractivity contribution in [2.24, 2.45) is 10.3 Å². The fourth-order valence-corrected chi connectivity index (χ4v) is 5.05. The lowest BCUT2D eigenvalue weighted by molar-refractivity contribution is 0.238. The van der Waals surface area contributed by atoms with Crippen LogP contribution in [-0.2, 0) is 22.9 Å². The summed E-state index contributed by atoms with van der Waals surface area (Å²) in [6, 6.07) is 6.39. The quantitative estimate of drug-likeness (QED) is 0.842. The second-order valence-electron chi connectivity index (χ2n) is 7.01. The molecule has 2 heterocycles. The number of amidine groups is 1. The number of sulfonamides is 1. The molecule has 1 atom stereocenters. The van der Waals surface area contributed by atoms with E-state index in [4.69, 9.17) is 4.74 Å². The van der Waals surface area contributed by atoms with Gasteiger partial charge in [-0.15, -0.1) is 4.40 Å². The standard InChI is InChI=1S/C18H24N2O3S/c21-24(22)11-10-20-9-3-6-16(18(20)19-24)13-23-17-8-7-14-4-1-2-5-15(14)12-17/h7-8,12,16H,1-6,9-11,13H2. The summed E-state index contributed by atoms with van der Waals surface area (Å²) >= 11 is 0. The molecule has 24 heavy (non-hydrogen) atoms. The monoisotopic (exact) mass is 348 g/mol. The van der Waals surface area contributed by atoms with Crippen molar-refractivity contribution < 1.29 is 13.2 Å². The number of hydrogen-bond acceptors (Lipinski definition) is 4. The smallest absolute Gasteiger partial charge is 0.256 e. The molecule has 4 rings (SSSR count). The molecular formula is C18H24N2O3S. The first kappa shape index (κ1) is 15.9. The normalized spacial score (nSPS) is 25.4. The fraction of sp³-hybridized carbons (Fsp3) is 0.611. The first-order valence-corrected chi connectivity index (χ1v) is 10.5. The van der Waals surface area contributed by atoms with E-state index in [1.807, 2.05) is 6.07 Å². The summed E-state index contributed by atoms with van der Waals surface area (Å²) < 4.78 is 33.7. The summed E-state index contributed by atoms with van der Waals surface area (Å²) in [6.07, 6.45) is 6.84. The number of rotatable bonds is 3. The van der Waals surface area contributed by atoms with Gasteiger partial charge in [-0.2, -0.15) is 0 Å². The maximum Gasteiger partial charge on any atom is 0.256 e. The Morgan fingerprint density at radius 1 is 1.12 bits per heavy atom. The van der Waals surface area contributed by atoms with Crippen molar-refractivity contribution in [3.63, 3.8) is 0 Å². The van der Waals surface area contributed by atoms with Gasteiger partial charge in [0, 0.05) is 13.1 Å². The van der Waals surface area contributed by atoms with Crippen LogP contribution in [0.5, 0.6) is 5.75 Å². The second kappa shape index (κ2) is 6.39. The lowest BCUT2D eigenvalue weighted by atomic mass is 9.92. The van der Waals surface area contributed by atoms with Crippen LogP contribution < -0.4 is 4.74 Å². The average molecular weight is 348 g/mol. The molecule has 6 heteroatoms. The van der Waals surface area contributed by atoms with Crippen molar-refractivity contribution in [1.82, 2.24) is 4.90 Å². The van der Waals surface area contributed by atoms with E-state index < -0.39 is 10.0 Å². The fourth-order valence-electron chi connectivity index (χ4n) is 3.96.